The Morgan fingerprint density at radius 1 is 1.23 bits per heavy atom. The molecule has 9 heteroatoms. The molecule has 1 aliphatic heterocycles. The van der Waals surface area contributed by atoms with Crippen molar-refractivity contribution in [3.8, 4) is 0 Å². The molecule has 0 radical (unpaired) electrons. The number of carbonyl (C=O) groups excluding carboxylic acids is 2. The normalized spacial score (nSPS) is 15.8. The van der Waals surface area contributed by atoms with Gasteiger partial charge in [-0.1, -0.05) is 41.3 Å². The van der Waals surface area contributed by atoms with Crippen molar-refractivity contribution in [3.63, 3.8) is 0 Å². The monoisotopic (exact) mass is 453 g/mol. The van der Waals surface area contributed by atoms with Crippen LogP contribution in [0, 0.1) is 13.8 Å². The topological polar surface area (TPSA) is 87.2 Å². The third-order valence-corrected chi connectivity index (χ3v) is 7.07. The summed E-state index contributed by atoms with van der Waals surface area (Å²) < 4.78 is 0.713. The summed E-state index contributed by atoms with van der Waals surface area (Å²) in [5, 5.41) is 15.2. The number of thioether (sulfide) groups is 1. The van der Waals surface area contributed by atoms with Gasteiger partial charge in [0.25, 0.3) is 0 Å². The molecule has 31 heavy (non-hydrogen) atoms. The molecule has 1 aromatic heterocycles. The minimum Gasteiger partial charge on any atom is -0.330 e. The summed E-state index contributed by atoms with van der Waals surface area (Å²) >= 11 is 2.76. The van der Waals surface area contributed by atoms with E-state index in [0.717, 1.165) is 11.4 Å². The van der Waals surface area contributed by atoms with Gasteiger partial charge in [0.2, 0.25) is 16.9 Å². The second-order valence-corrected chi connectivity index (χ2v) is 9.67. The zero-order valence-corrected chi connectivity index (χ0v) is 19.1. The summed E-state index contributed by atoms with van der Waals surface area (Å²) in [5.41, 5.74) is 4.78. The number of para-hydroxylation sites is 2. The molecule has 1 aliphatic rings. The number of anilines is 4. The maximum atomic E-state index is 13.1. The minimum atomic E-state index is -0.229. The van der Waals surface area contributed by atoms with E-state index in [1.165, 1.54) is 34.2 Å². The van der Waals surface area contributed by atoms with Gasteiger partial charge in [0.1, 0.15) is 0 Å². The molecule has 4 rings (SSSR count). The lowest BCUT2D eigenvalue weighted by atomic mass is 10.1. The van der Waals surface area contributed by atoms with E-state index in [1.807, 2.05) is 37.3 Å². The molecule has 0 spiro atoms. The summed E-state index contributed by atoms with van der Waals surface area (Å²) in [4.78, 5) is 26.9. The van der Waals surface area contributed by atoms with E-state index in [4.69, 9.17) is 0 Å². The van der Waals surface area contributed by atoms with Crippen LogP contribution in [0.1, 0.15) is 24.5 Å². The number of hydrogen-bond acceptors (Lipinski definition) is 7. The van der Waals surface area contributed by atoms with Gasteiger partial charge in [-0.15, -0.1) is 10.2 Å². The van der Waals surface area contributed by atoms with E-state index in [1.54, 1.807) is 4.90 Å². The molecule has 3 aromatic rings. The zero-order chi connectivity index (χ0) is 22.0. The molecule has 160 valence electrons. The van der Waals surface area contributed by atoms with Crippen molar-refractivity contribution in [1.29, 1.82) is 0 Å². The molecule has 0 saturated carbocycles. The lowest BCUT2D eigenvalue weighted by Crippen LogP contribution is -2.40. The number of carbonyl (C=O) groups is 2. The number of aryl methyl sites for hydroxylation is 2. The standard InChI is InChI=1S/C22H23N5O2S2/c1-13-8-9-16(10-14(13)2)23-21-25-26-22(31-21)30-12-20(29)27-15(3)11-19(28)24-17-6-4-5-7-18(17)27/h4-10,15H,11-12H2,1-3H3,(H,23,25)(H,24,28). The lowest BCUT2D eigenvalue weighted by molar-refractivity contribution is -0.117. The molecular weight excluding hydrogens is 430 g/mol. The van der Waals surface area contributed by atoms with Crippen molar-refractivity contribution >= 4 is 57.1 Å². The van der Waals surface area contributed by atoms with Crippen molar-refractivity contribution in [2.45, 2.75) is 37.6 Å². The molecule has 2 heterocycles. The van der Waals surface area contributed by atoms with Gasteiger partial charge in [-0.3, -0.25) is 9.59 Å². The molecule has 0 saturated heterocycles. The van der Waals surface area contributed by atoms with Gasteiger partial charge in [-0.05, 0) is 56.2 Å². The number of rotatable bonds is 5. The fraction of sp³-hybridized carbons (Fsp3) is 0.273. The van der Waals surface area contributed by atoms with E-state index in [9.17, 15) is 9.59 Å². The molecule has 1 atom stereocenters. The van der Waals surface area contributed by atoms with Crippen molar-refractivity contribution in [2.75, 3.05) is 21.3 Å². The van der Waals surface area contributed by atoms with Crippen LogP contribution in [0.5, 0.6) is 0 Å². The van der Waals surface area contributed by atoms with Crippen LogP contribution in [0.25, 0.3) is 0 Å². The Kier molecular flexibility index (Phi) is 6.24. The molecule has 2 amide bonds. The predicted molar refractivity (Wildman–Crippen MR) is 126 cm³/mol. The summed E-state index contributed by atoms with van der Waals surface area (Å²) in [6.07, 6.45) is 0.258. The summed E-state index contributed by atoms with van der Waals surface area (Å²) in [6, 6.07) is 13.3. The Labute approximate surface area is 189 Å². The number of fused-ring (bicyclic) bond motifs is 1. The second-order valence-electron chi connectivity index (χ2n) is 7.47. The quantitative estimate of drug-likeness (QED) is 0.542. The van der Waals surface area contributed by atoms with Gasteiger partial charge < -0.3 is 15.5 Å². The fourth-order valence-corrected chi connectivity index (χ4v) is 5.05. The first-order valence-electron chi connectivity index (χ1n) is 9.92. The number of nitrogens with zero attached hydrogens (tertiary/aromatic N) is 3. The number of aromatic nitrogens is 2. The second kappa shape index (κ2) is 9.07. The van der Waals surface area contributed by atoms with Crippen LogP contribution in [0.2, 0.25) is 0 Å². The van der Waals surface area contributed by atoms with Gasteiger partial charge in [-0.2, -0.15) is 0 Å². The Balaban J connectivity index is 1.43. The van der Waals surface area contributed by atoms with Gasteiger partial charge in [-0.25, -0.2) is 0 Å². The van der Waals surface area contributed by atoms with E-state index in [-0.39, 0.29) is 30.0 Å². The van der Waals surface area contributed by atoms with Crippen LogP contribution in [-0.2, 0) is 9.59 Å². The Hall–Kier alpha value is -2.91. The first kappa shape index (κ1) is 21.3. The number of benzene rings is 2. The molecular formula is C22H23N5O2S2. The minimum absolute atomic E-state index is 0.0691. The van der Waals surface area contributed by atoms with E-state index in [2.05, 4.69) is 46.8 Å². The average molecular weight is 454 g/mol. The zero-order valence-electron chi connectivity index (χ0n) is 17.5. The Morgan fingerprint density at radius 3 is 2.84 bits per heavy atom. The molecule has 1 unspecified atom stereocenters. The Bertz CT molecular complexity index is 1130. The summed E-state index contributed by atoms with van der Waals surface area (Å²) in [5.74, 6) is 0.0555. The number of nitrogens with one attached hydrogen (secondary N) is 2. The number of hydrogen-bond donors (Lipinski definition) is 2. The summed E-state index contributed by atoms with van der Waals surface area (Å²) in [7, 11) is 0. The third-order valence-electron chi connectivity index (χ3n) is 5.11. The lowest BCUT2D eigenvalue weighted by Gasteiger charge is -2.27. The fourth-order valence-electron chi connectivity index (χ4n) is 3.42. The maximum absolute atomic E-state index is 13.1. The van der Waals surface area contributed by atoms with Crippen molar-refractivity contribution in [1.82, 2.24) is 10.2 Å². The van der Waals surface area contributed by atoms with Crippen molar-refractivity contribution in [3.05, 3.63) is 53.6 Å². The van der Waals surface area contributed by atoms with Gasteiger partial charge in [0.15, 0.2) is 4.34 Å². The van der Waals surface area contributed by atoms with Gasteiger partial charge in [0.05, 0.1) is 17.1 Å². The van der Waals surface area contributed by atoms with Crippen molar-refractivity contribution < 1.29 is 9.59 Å². The van der Waals surface area contributed by atoms with Gasteiger partial charge >= 0.3 is 0 Å². The number of amides is 2. The molecule has 0 bridgehead atoms. The molecule has 7 nitrogen and oxygen atoms in total. The highest BCUT2D eigenvalue weighted by atomic mass is 32.2. The SMILES string of the molecule is Cc1ccc(Nc2nnc(SCC(=O)N3c4ccccc4NC(=O)CC3C)s2)cc1C. The highest BCUT2D eigenvalue weighted by Gasteiger charge is 2.29. The Morgan fingerprint density at radius 2 is 2.03 bits per heavy atom. The van der Waals surface area contributed by atoms with Crippen LogP contribution >= 0.6 is 23.1 Å². The summed E-state index contributed by atoms with van der Waals surface area (Å²) in [6.45, 7) is 6.03. The highest BCUT2D eigenvalue weighted by Crippen LogP contribution is 2.33. The molecule has 2 aromatic carbocycles. The predicted octanol–water partition coefficient (Wildman–Crippen LogP) is 4.75. The molecule has 0 aliphatic carbocycles. The molecule has 0 fully saturated rings. The smallest absolute Gasteiger partial charge is 0.237 e. The highest BCUT2D eigenvalue weighted by molar-refractivity contribution is 8.01. The largest absolute Gasteiger partial charge is 0.330 e. The first-order chi connectivity index (χ1) is 14.9. The first-order valence-corrected chi connectivity index (χ1v) is 11.7. The van der Waals surface area contributed by atoms with Gasteiger partial charge in [0, 0.05) is 18.2 Å². The van der Waals surface area contributed by atoms with Crippen LogP contribution in [-0.4, -0.2) is 33.8 Å². The maximum Gasteiger partial charge on any atom is 0.237 e. The van der Waals surface area contributed by atoms with Crippen molar-refractivity contribution in [2.24, 2.45) is 0 Å². The third kappa shape index (κ3) is 4.88. The van der Waals surface area contributed by atoms with E-state index < -0.39 is 0 Å². The van der Waals surface area contributed by atoms with E-state index in [0.29, 0.717) is 15.2 Å². The van der Waals surface area contributed by atoms with Crippen LogP contribution in [0.4, 0.5) is 22.2 Å². The van der Waals surface area contributed by atoms with E-state index >= 15 is 0 Å². The average Bonchev–Trinajstić information content (AvgIpc) is 3.12. The molecule has 2 N–H and O–H groups in total. The van der Waals surface area contributed by atoms with Crippen LogP contribution in [0.15, 0.2) is 46.8 Å². The van der Waals surface area contributed by atoms with Crippen LogP contribution < -0.4 is 15.5 Å². The van der Waals surface area contributed by atoms with Crippen LogP contribution in [0.3, 0.4) is 0 Å².